The number of hydrogen-bond donors (Lipinski definition) is 0. The van der Waals surface area contributed by atoms with E-state index < -0.39 is 9.84 Å². The van der Waals surface area contributed by atoms with Crippen LogP contribution in [0.3, 0.4) is 0 Å². The SMILES string of the molecule is CS(=O)(=O)CC(=O)N1CCCC(CN2CCCCCC2)C1. The Morgan fingerprint density at radius 1 is 1.05 bits per heavy atom. The molecule has 2 aliphatic rings. The Kier molecular flexibility index (Phi) is 6.05. The molecule has 0 spiro atoms. The number of carbonyl (C=O) groups excluding carboxylic acids is 1. The Balaban J connectivity index is 1.83. The van der Waals surface area contributed by atoms with Gasteiger partial charge in [0.2, 0.25) is 5.91 Å². The van der Waals surface area contributed by atoms with E-state index in [4.69, 9.17) is 0 Å². The molecular formula is C15H28N2O3S. The second-order valence-electron chi connectivity index (χ2n) is 6.63. The lowest BCUT2D eigenvalue weighted by atomic mass is 9.97. The summed E-state index contributed by atoms with van der Waals surface area (Å²) in [5, 5.41) is 0. The summed E-state index contributed by atoms with van der Waals surface area (Å²) in [6.45, 7) is 4.85. The third-order valence-corrected chi connectivity index (χ3v) is 5.24. The van der Waals surface area contributed by atoms with Gasteiger partial charge in [-0.15, -0.1) is 0 Å². The van der Waals surface area contributed by atoms with Gasteiger partial charge in [-0.3, -0.25) is 4.79 Å². The first kappa shape index (κ1) is 16.7. The van der Waals surface area contributed by atoms with Crippen LogP contribution in [0.1, 0.15) is 38.5 Å². The highest BCUT2D eigenvalue weighted by Gasteiger charge is 2.26. The quantitative estimate of drug-likeness (QED) is 0.780. The molecule has 6 heteroatoms. The van der Waals surface area contributed by atoms with Crippen LogP contribution in [0.4, 0.5) is 0 Å². The summed E-state index contributed by atoms with van der Waals surface area (Å²) in [7, 11) is -3.22. The van der Waals surface area contributed by atoms with Gasteiger partial charge in [0.25, 0.3) is 0 Å². The van der Waals surface area contributed by atoms with Gasteiger partial charge in [0.05, 0.1) is 0 Å². The second-order valence-corrected chi connectivity index (χ2v) is 8.77. The van der Waals surface area contributed by atoms with Crippen molar-refractivity contribution in [2.24, 2.45) is 5.92 Å². The third-order valence-electron chi connectivity index (χ3n) is 4.47. The molecule has 0 N–H and O–H groups in total. The summed E-state index contributed by atoms with van der Waals surface area (Å²) in [6.07, 6.45) is 8.50. The highest BCUT2D eigenvalue weighted by molar-refractivity contribution is 7.91. The van der Waals surface area contributed by atoms with Gasteiger partial charge < -0.3 is 9.80 Å². The smallest absolute Gasteiger partial charge is 0.237 e. The monoisotopic (exact) mass is 316 g/mol. The number of nitrogens with zero attached hydrogens (tertiary/aromatic N) is 2. The van der Waals surface area contributed by atoms with Gasteiger partial charge in [0.15, 0.2) is 9.84 Å². The molecule has 5 nitrogen and oxygen atoms in total. The molecule has 122 valence electrons. The lowest BCUT2D eigenvalue weighted by Gasteiger charge is -2.35. The minimum atomic E-state index is -3.22. The summed E-state index contributed by atoms with van der Waals surface area (Å²) in [4.78, 5) is 16.3. The van der Waals surface area contributed by atoms with Gasteiger partial charge in [0.1, 0.15) is 5.75 Å². The summed E-state index contributed by atoms with van der Waals surface area (Å²) in [5.41, 5.74) is 0. The van der Waals surface area contributed by atoms with Crippen LogP contribution in [0.5, 0.6) is 0 Å². The van der Waals surface area contributed by atoms with Crippen molar-refractivity contribution >= 4 is 15.7 Å². The predicted octanol–water partition coefficient (Wildman–Crippen LogP) is 1.15. The first-order valence-corrected chi connectivity index (χ1v) is 10.2. The fourth-order valence-electron chi connectivity index (χ4n) is 3.44. The standard InChI is InChI=1S/C15H28N2O3S/c1-21(19,20)13-15(18)17-10-6-7-14(12-17)11-16-8-4-2-3-5-9-16/h14H,2-13H2,1H3. The number of amides is 1. The van der Waals surface area contributed by atoms with Gasteiger partial charge in [0, 0.05) is 25.9 Å². The zero-order valence-corrected chi connectivity index (χ0v) is 13.9. The van der Waals surface area contributed by atoms with E-state index in [1.54, 1.807) is 4.90 Å². The second kappa shape index (κ2) is 7.58. The van der Waals surface area contributed by atoms with Crippen LogP contribution in [-0.4, -0.2) is 68.9 Å². The first-order chi connectivity index (χ1) is 9.94. The fourth-order valence-corrected chi connectivity index (χ4v) is 4.07. The van der Waals surface area contributed by atoms with Gasteiger partial charge >= 0.3 is 0 Å². The molecule has 2 heterocycles. The molecule has 0 aromatic carbocycles. The molecule has 0 bridgehead atoms. The Morgan fingerprint density at radius 2 is 1.71 bits per heavy atom. The largest absolute Gasteiger partial charge is 0.341 e. The van der Waals surface area contributed by atoms with Crippen molar-refractivity contribution in [3.8, 4) is 0 Å². The van der Waals surface area contributed by atoms with Crippen LogP contribution in [0.2, 0.25) is 0 Å². The number of sulfone groups is 1. The zero-order chi connectivity index (χ0) is 15.3. The minimum absolute atomic E-state index is 0.224. The molecule has 0 aliphatic carbocycles. The van der Waals surface area contributed by atoms with Crippen molar-refractivity contribution in [2.45, 2.75) is 38.5 Å². The Hall–Kier alpha value is -0.620. The summed E-state index contributed by atoms with van der Waals surface area (Å²) >= 11 is 0. The molecule has 2 saturated heterocycles. The van der Waals surface area contributed by atoms with E-state index in [1.165, 1.54) is 38.8 Å². The first-order valence-electron chi connectivity index (χ1n) is 8.12. The number of hydrogen-bond acceptors (Lipinski definition) is 4. The molecule has 0 aromatic heterocycles. The third kappa shape index (κ3) is 5.94. The normalized spacial score (nSPS) is 25.6. The van der Waals surface area contributed by atoms with Crippen LogP contribution in [-0.2, 0) is 14.6 Å². The van der Waals surface area contributed by atoms with Crippen molar-refractivity contribution in [1.82, 2.24) is 9.80 Å². The number of piperidine rings is 1. The molecule has 1 atom stereocenters. The van der Waals surface area contributed by atoms with Crippen molar-refractivity contribution in [3.05, 3.63) is 0 Å². The van der Waals surface area contributed by atoms with Crippen LogP contribution < -0.4 is 0 Å². The summed E-state index contributed by atoms with van der Waals surface area (Å²) in [5.74, 6) is -0.0675. The molecule has 2 rings (SSSR count). The Labute approximate surface area is 128 Å². The minimum Gasteiger partial charge on any atom is -0.341 e. The molecule has 2 aliphatic heterocycles. The lowest BCUT2D eigenvalue weighted by Crippen LogP contribution is -2.45. The molecular weight excluding hydrogens is 288 g/mol. The van der Waals surface area contributed by atoms with Crippen molar-refractivity contribution < 1.29 is 13.2 Å². The average Bonchev–Trinajstić information content (AvgIpc) is 2.66. The maximum atomic E-state index is 12.0. The van der Waals surface area contributed by atoms with E-state index >= 15 is 0 Å². The van der Waals surface area contributed by atoms with E-state index in [0.717, 1.165) is 32.2 Å². The van der Waals surface area contributed by atoms with Gasteiger partial charge in [-0.2, -0.15) is 0 Å². The fraction of sp³-hybridized carbons (Fsp3) is 0.933. The zero-order valence-electron chi connectivity index (χ0n) is 13.1. The molecule has 0 saturated carbocycles. The van der Waals surface area contributed by atoms with Crippen molar-refractivity contribution in [3.63, 3.8) is 0 Å². The van der Waals surface area contributed by atoms with Crippen LogP contribution in [0.25, 0.3) is 0 Å². The van der Waals surface area contributed by atoms with Gasteiger partial charge in [-0.1, -0.05) is 12.8 Å². The average molecular weight is 316 g/mol. The number of likely N-dealkylation sites (tertiary alicyclic amines) is 2. The van der Waals surface area contributed by atoms with E-state index in [9.17, 15) is 13.2 Å². The van der Waals surface area contributed by atoms with E-state index in [1.807, 2.05) is 0 Å². The highest BCUT2D eigenvalue weighted by Crippen LogP contribution is 2.20. The van der Waals surface area contributed by atoms with Gasteiger partial charge in [-0.05, 0) is 44.7 Å². The Bertz CT molecular complexity index is 442. The topological polar surface area (TPSA) is 57.7 Å². The molecule has 1 amide bonds. The Morgan fingerprint density at radius 3 is 2.33 bits per heavy atom. The summed E-state index contributed by atoms with van der Waals surface area (Å²) in [6, 6.07) is 0. The van der Waals surface area contributed by atoms with E-state index in [-0.39, 0.29) is 11.7 Å². The molecule has 1 unspecified atom stereocenters. The van der Waals surface area contributed by atoms with Gasteiger partial charge in [-0.25, -0.2) is 8.42 Å². The number of carbonyl (C=O) groups is 1. The van der Waals surface area contributed by atoms with Crippen molar-refractivity contribution in [1.29, 1.82) is 0 Å². The van der Waals surface area contributed by atoms with Crippen LogP contribution in [0.15, 0.2) is 0 Å². The predicted molar refractivity (Wildman–Crippen MR) is 83.9 cm³/mol. The van der Waals surface area contributed by atoms with Crippen LogP contribution >= 0.6 is 0 Å². The molecule has 21 heavy (non-hydrogen) atoms. The number of rotatable bonds is 4. The maximum absolute atomic E-state index is 12.0. The molecule has 0 aromatic rings. The van der Waals surface area contributed by atoms with E-state index in [0.29, 0.717) is 12.5 Å². The highest BCUT2D eigenvalue weighted by atomic mass is 32.2. The lowest BCUT2D eigenvalue weighted by molar-refractivity contribution is -0.130. The molecule has 0 radical (unpaired) electrons. The summed E-state index contributed by atoms with van der Waals surface area (Å²) < 4.78 is 22.5. The van der Waals surface area contributed by atoms with Crippen LogP contribution in [0, 0.1) is 5.92 Å². The molecule has 2 fully saturated rings. The van der Waals surface area contributed by atoms with Crippen molar-refractivity contribution in [2.75, 3.05) is 44.7 Å². The van der Waals surface area contributed by atoms with E-state index in [2.05, 4.69) is 4.90 Å². The maximum Gasteiger partial charge on any atom is 0.237 e.